The maximum Gasteiger partial charge on any atom is 0.165 e. The Kier molecular flexibility index (Phi) is 4.05. The monoisotopic (exact) mass is 289 g/mol. The summed E-state index contributed by atoms with van der Waals surface area (Å²) in [4.78, 5) is 12.2. The number of anilines is 1. The van der Waals surface area contributed by atoms with Gasteiger partial charge in [-0.3, -0.25) is 4.79 Å². The Hall–Kier alpha value is -1.54. The van der Waals surface area contributed by atoms with Crippen LogP contribution in [-0.2, 0) is 4.79 Å². The van der Waals surface area contributed by atoms with Gasteiger partial charge in [0, 0.05) is 28.9 Å². The van der Waals surface area contributed by atoms with E-state index in [1.165, 1.54) is 0 Å². The molecule has 0 aromatic heterocycles. The largest absolute Gasteiger partial charge is 0.361 e. The number of halogens is 1. The molecule has 0 heterocycles. The van der Waals surface area contributed by atoms with E-state index in [4.69, 9.17) is 11.6 Å². The second kappa shape index (κ2) is 5.45. The van der Waals surface area contributed by atoms with Crippen LogP contribution in [0.1, 0.15) is 32.3 Å². The SMILES string of the molecule is C=C1CC(C)(C)CC(=O)/C1=C\Nc1ccc(C)c(Cl)c1. The maximum absolute atomic E-state index is 12.2. The highest BCUT2D eigenvalue weighted by Gasteiger charge is 2.31. The Morgan fingerprint density at radius 1 is 1.35 bits per heavy atom. The van der Waals surface area contributed by atoms with Crippen molar-refractivity contribution in [2.75, 3.05) is 5.32 Å². The van der Waals surface area contributed by atoms with Crippen molar-refractivity contribution < 1.29 is 4.79 Å². The Balaban J connectivity index is 2.17. The molecular weight excluding hydrogens is 270 g/mol. The number of hydrogen-bond donors (Lipinski definition) is 1. The van der Waals surface area contributed by atoms with Gasteiger partial charge >= 0.3 is 0 Å². The molecule has 1 N–H and O–H groups in total. The van der Waals surface area contributed by atoms with Gasteiger partial charge in [0.25, 0.3) is 0 Å². The number of carbonyl (C=O) groups excluding carboxylic acids is 1. The van der Waals surface area contributed by atoms with E-state index in [-0.39, 0.29) is 11.2 Å². The van der Waals surface area contributed by atoms with Gasteiger partial charge in [0.15, 0.2) is 5.78 Å². The van der Waals surface area contributed by atoms with Crippen LogP contribution >= 0.6 is 11.6 Å². The number of hydrogen-bond acceptors (Lipinski definition) is 2. The summed E-state index contributed by atoms with van der Waals surface area (Å²) in [5.74, 6) is 0.150. The fraction of sp³-hybridized carbons (Fsp3) is 0.353. The van der Waals surface area contributed by atoms with E-state index in [1.807, 2.05) is 25.1 Å². The van der Waals surface area contributed by atoms with Gasteiger partial charge in [-0.15, -0.1) is 0 Å². The van der Waals surface area contributed by atoms with E-state index in [0.29, 0.717) is 17.0 Å². The number of allylic oxidation sites excluding steroid dienone is 2. The lowest BCUT2D eigenvalue weighted by atomic mass is 9.73. The van der Waals surface area contributed by atoms with Crippen LogP contribution in [0, 0.1) is 12.3 Å². The highest BCUT2D eigenvalue weighted by Crippen LogP contribution is 2.38. The molecule has 1 aliphatic carbocycles. The summed E-state index contributed by atoms with van der Waals surface area (Å²) in [6, 6.07) is 5.75. The molecule has 1 aliphatic rings. The van der Waals surface area contributed by atoms with Crippen molar-refractivity contribution in [3.05, 3.63) is 52.7 Å². The molecule has 0 amide bonds. The normalized spacial score (nSPS) is 20.3. The summed E-state index contributed by atoms with van der Waals surface area (Å²) in [6.07, 6.45) is 3.16. The lowest BCUT2D eigenvalue weighted by Crippen LogP contribution is -2.26. The minimum Gasteiger partial charge on any atom is -0.361 e. The van der Waals surface area contributed by atoms with Crippen LogP contribution in [0.25, 0.3) is 0 Å². The molecule has 0 saturated heterocycles. The zero-order valence-electron chi connectivity index (χ0n) is 12.2. The van der Waals surface area contributed by atoms with E-state index in [9.17, 15) is 4.79 Å². The second-order valence-corrected chi connectivity index (χ2v) is 6.62. The third-order valence-corrected chi connectivity index (χ3v) is 3.97. The molecule has 3 heteroatoms. The molecule has 1 fully saturated rings. The van der Waals surface area contributed by atoms with Crippen molar-refractivity contribution in [2.45, 2.75) is 33.6 Å². The van der Waals surface area contributed by atoms with Crippen LogP contribution in [0.5, 0.6) is 0 Å². The molecular formula is C17H20ClNO. The van der Waals surface area contributed by atoms with Crippen LogP contribution in [0.15, 0.2) is 42.1 Å². The first-order valence-corrected chi connectivity index (χ1v) is 7.10. The Labute approximate surface area is 125 Å². The summed E-state index contributed by atoms with van der Waals surface area (Å²) < 4.78 is 0. The van der Waals surface area contributed by atoms with Crippen LogP contribution in [-0.4, -0.2) is 5.78 Å². The number of benzene rings is 1. The minimum atomic E-state index is 0.0126. The van der Waals surface area contributed by atoms with E-state index in [2.05, 4.69) is 25.7 Å². The highest BCUT2D eigenvalue weighted by atomic mass is 35.5. The molecule has 0 aliphatic heterocycles. The van der Waals surface area contributed by atoms with Gasteiger partial charge in [-0.25, -0.2) is 0 Å². The molecule has 0 unspecified atom stereocenters. The zero-order valence-corrected chi connectivity index (χ0v) is 13.0. The number of ketones is 1. The third-order valence-electron chi connectivity index (χ3n) is 3.57. The maximum atomic E-state index is 12.2. The van der Waals surface area contributed by atoms with Crippen molar-refractivity contribution in [2.24, 2.45) is 5.41 Å². The fourth-order valence-electron chi connectivity index (χ4n) is 2.48. The van der Waals surface area contributed by atoms with Crippen LogP contribution in [0.4, 0.5) is 5.69 Å². The lowest BCUT2D eigenvalue weighted by Gasteiger charge is -2.31. The van der Waals surface area contributed by atoms with Gasteiger partial charge in [-0.05, 0) is 42.0 Å². The Bertz CT molecular complexity index is 577. The molecule has 106 valence electrons. The zero-order chi connectivity index (χ0) is 14.9. The summed E-state index contributed by atoms with van der Waals surface area (Å²) in [7, 11) is 0. The number of Topliss-reactive ketones (excluding diaryl/α,β-unsaturated/α-hetero) is 1. The molecule has 20 heavy (non-hydrogen) atoms. The molecule has 2 nitrogen and oxygen atoms in total. The molecule has 0 radical (unpaired) electrons. The Morgan fingerprint density at radius 2 is 2.05 bits per heavy atom. The van der Waals surface area contributed by atoms with E-state index in [0.717, 1.165) is 23.2 Å². The van der Waals surface area contributed by atoms with Crippen molar-refractivity contribution >= 4 is 23.1 Å². The van der Waals surface area contributed by atoms with Crippen molar-refractivity contribution in [1.82, 2.24) is 0 Å². The molecule has 0 atom stereocenters. The third kappa shape index (κ3) is 3.31. The highest BCUT2D eigenvalue weighted by molar-refractivity contribution is 6.31. The summed E-state index contributed by atoms with van der Waals surface area (Å²) >= 11 is 6.08. The first-order valence-electron chi connectivity index (χ1n) is 6.73. The molecule has 1 saturated carbocycles. The Morgan fingerprint density at radius 3 is 2.65 bits per heavy atom. The lowest BCUT2D eigenvalue weighted by molar-refractivity contribution is -0.118. The van der Waals surface area contributed by atoms with Crippen molar-refractivity contribution in [3.8, 4) is 0 Å². The predicted molar refractivity (Wildman–Crippen MR) is 85.1 cm³/mol. The molecule has 0 bridgehead atoms. The molecule has 1 aromatic carbocycles. The predicted octanol–water partition coefficient (Wildman–Crippen LogP) is 4.89. The molecule has 2 rings (SSSR count). The van der Waals surface area contributed by atoms with Gasteiger partial charge in [-0.2, -0.15) is 0 Å². The van der Waals surface area contributed by atoms with Crippen LogP contribution in [0.2, 0.25) is 5.02 Å². The average molecular weight is 290 g/mol. The van der Waals surface area contributed by atoms with Crippen molar-refractivity contribution in [3.63, 3.8) is 0 Å². The van der Waals surface area contributed by atoms with Gasteiger partial charge in [0.05, 0.1) is 0 Å². The van der Waals surface area contributed by atoms with E-state index in [1.54, 1.807) is 6.20 Å². The van der Waals surface area contributed by atoms with Gasteiger partial charge < -0.3 is 5.32 Å². The van der Waals surface area contributed by atoms with Crippen molar-refractivity contribution in [1.29, 1.82) is 0 Å². The number of nitrogens with one attached hydrogen (secondary N) is 1. The molecule has 1 aromatic rings. The fourth-order valence-corrected chi connectivity index (χ4v) is 2.66. The number of aryl methyl sites for hydroxylation is 1. The average Bonchev–Trinajstić information content (AvgIpc) is 2.31. The van der Waals surface area contributed by atoms with E-state index < -0.39 is 0 Å². The minimum absolute atomic E-state index is 0.0126. The van der Waals surface area contributed by atoms with Crippen LogP contribution in [0.3, 0.4) is 0 Å². The van der Waals surface area contributed by atoms with Gasteiger partial charge in [0.2, 0.25) is 0 Å². The summed E-state index contributed by atoms with van der Waals surface area (Å²) in [5, 5.41) is 3.85. The summed E-state index contributed by atoms with van der Waals surface area (Å²) in [5.41, 5.74) is 3.51. The quantitative estimate of drug-likeness (QED) is 0.785. The topological polar surface area (TPSA) is 29.1 Å². The number of carbonyl (C=O) groups is 1. The van der Waals surface area contributed by atoms with Crippen LogP contribution < -0.4 is 5.32 Å². The van der Waals surface area contributed by atoms with Gasteiger partial charge in [0.1, 0.15) is 0 Å². The van der Waals surface area contributed by atoms with Gasteiger partial charge in [-0.1, -0.05) is 38.1 Å². The second-order valence-electron chi connectivity index (χ2n) is 6.21. The molecule has 0 spiro atoms. The first kappa shape index (κ1) is 14.9. The first-order chi connectivity index (χ1) is 9.28. The summed E-state index contributed by atoms with van der Waals surface area (Å²) in [6.45, 7) is 10.2. The number of rotatable bonds is 2. The van der Waals surface area contributed by atoms with E-state index >= 15 is 0 Å². The smallest absolute Gasteiger partial charge is 0.165 e. The standard InChI is InChI=1S/C17H20ClNO/c1-11-5-6-13(7-15(11)18)19-10-14-12(2)8-17(3,4)9-16(14)20/h5-7,10,19H,2,8-9H2,1,3-4H3/b14-10-.